The summed E-state index contributed by atoms with van der Waals surface area (Å²) in [5.41, 5.74) is 2.80. The Hall–Kier alpha value is -2.42. The topological polar surface area (TPSA) is 45.8 Å². The second kappa shape index (κ2) is 4.11. The van der Waals surface area contributed by atoms with E-state index in [-0.39, 0.29) is 5.56 Å². The lowest BCUT2D eigenvalue weighted by Crippen LogP contribution is -2.07. The first-order chi connectivity index (χ1) is 8.75. The molecule has 0 bridgehead atoms. The molecule has 0 saturated heterocycles. The standard InChI is InChI=1S/C15H12N2O/c1-10-7-12(9-17-15(10)18)13-4-2-3-11-8-16-6-5-14(11)13/h2-9H,1H3,(H,17,18). The second-order valence-corrected chi connectivity index (χ2v) is 4.30. The molecule has 3 heteroatoms. The quantitative estimate of drug-likeness (QED) is 0.706. The van der Waals surface area contributed by atoms with Crippen LogP contribution in [-0.4, -0.2) is 9.97 Å². The fourth-order valence-corrected chi connectivity index (χ4v) is 2.13. The Morgan fingerprint density at radius 3 is 2.94 bits per heavy atom. The van der Waals surface area contributed by atoms with Crippen LogP contribution in [0.1, 0.15) is 5.56 Å². The van der Waals surface area contributed by atoms with Gasteiger partial charge in [0.15, 0.2) is 0 Å². The monoisotopic (exact) mass is 236 g/mol. The van der Waals surface area contributed by atoms with Gasteiger partial charge >= 0.3 is 0 Å². The zero-order valence-electron chi connectivity index (χ0n) is 9.97. The largest absolute Gasteiger partial charge is 0.328 e. The highest BCUT2D eigenvalue weighted by Crippen LogP contribution is 2.27. The van der Waals surface area contributed by atoms with Gasteiger partial charge in [0.05, 0.1) is 0 Å². The Morgan fingerprint density at radius 1 is 1.22 bits per heavy atom. The van der Waals surface area contributed by atoms with Gasteiger partial charge in [-0.25, -0.2) is 0 Å². The zero-order chi connectivity index (χ0) is 12.5. The lowest BCUT2D eigenvalue weighted by molar-refractivity contribution is 1.18. The third-order valence-corrected chi connectivity index (χ3v) is 3.08. The molecule has 1 N–H and O–H groups in total. The van der Waals surface area contributed by atoms with Crippen LogP contribution in [0.3, 0.4) is 0 Å². The molecule has 3 rings (SSSR count). The van der Waals surface area contributed by atoms with Crippen LogP contribution in [0.4, 0.5) is 0 Å². The molecule has 0 unspecified atom stereocenters. The summed E-state index contributed by atoms with van der Waals surface area (Å²) in [5.74, 6) is 0. The van der Waals surface area contributed by atoms with Crippen molar-refractivity contribution in [2.24, 2.45) is 0 Å². The van der Waals surface area contributed by atoms with Gasteiger partial charge in [-0.05, 0) is 35.6 Å². The number of nitrogens with one attached hydrogen (secondary N) is 1. The van der Waals surface area contributed by atoms with Gasteiger partial charge in [0.2, 0.25) is 0 Å². The van der Waals surface area contributed by atoms with Crippen molar-refractivity contribution >= 4 is 10.8 Å². The van der Waals surface area contributed by atoms with Crippen molar-refractivity contribution in [3.05, 3.63) is 64.8 Å². The molecule has 1 aromatic carbocycles. The van der Waals surface area contributed by atoms with E-state index in [9.17, 15) is 4.79 Å². The molecule has 0 radical (unpaired) electrons. The number of H-pyrrole nitrogens is 1. The summed E-state index contributed by atoms with van der Waals surface area (Å²) in [5, 5.41) is 2.23. The van der Waals surface area contributed by atoms with E-state index in [4.69, 9.17) is 0 Å². The lowest BCUT2D eigenvalue weighted by atomic mass is 10.00. The van der Waals surface area contributed by atoms with Crippen LogP contribution in [0.15, 0.2) is 53.7 Å². The fourth-order valence-electron chi connectivity index (χ4n) is 2.13. The number of aromatic nitrogens is 2. The molecular weight excluding hydrogens is 224 g/mol. The van der Waals surface area contributed by atoms with E-state index in [1.54, 1.807) is 12.4 Å². The number of aromatic amines is 1. The number of fused-ring (bicyclic) bond motifs is 1. The normalized spacial score (nSPS) is 10.7. The van der Waals surface area contributed by atoms with Gasteiger partial charge in [0.25, 0.3) is 5.56 Å². The highest BCUT2D eigenvalue weighted by molar-refractivity contribution is 5.95. The van der Waals surface area contributed by atoms with Crippen LogP contribution in [0.2, 0.25) is 0 Å². The summed E-state index contributed by atoms with van der Waals surface area (Å²) >= 11 is 0. The molecule has 0 aliphatic carbocycles. The maximum absolute atomic E-state index is 11.4. The van der Waals surface area contributed by atoms with E-state index in [0.29, 0.717) is 0 Å². The van der Waals surface area contributed by atoms with Gasteiger partial charge in [0.1, 0.15) is 0 Å². The van der Waals surface area contributed by atoms with Crippen LogP contribution in [-0.2, 0) is 0 Å². The van der Waals surface area contributed by atoms with Crippen molar-refractivity contribution in [3.8, 4) is 11.1 Å². The molecule has 0 atom stereocenters. The zero-order valence-corrected chi connectivity index (χ0v) is 9.97. The SMILES string of the molecule is Cc1cc(-c2cccc3cnccc23)c[nH]c1=O. The Balaban J connectivity index is 2.31. The molecule has 3 nitrogen and oxygen atoms in total. The minimum absolute atomic E-state index is 0.0411. The van der Waals surface area contributed by atoms with Gasteiger partial charge < -0.3 is 4.98 Å². The first kappa shape index (κ1) is 10.7. The molecule has 88 valence electrons. The Morgan fingerprint density at radius 2 is 2.11 bits per heavy atom. The predicted octanol–water partition coefficient (Wildman–Crippen LogP) is 2.90. The minimum atomic E-state index is -0.0411. The van der Waals surface area contributed by atoms with Crippen molar-refractivity contribution in [1.82, 2.24) is 9.97 Å². The van der Waals surface area contributed by atoms with E-state index >= 15 is 0 Å². The van der Waals surface area contributed by atoms with Gasteiger partial charge in [-0.2, -0.15) is 0 Å². The highest BCUT2D eigenvalue weighted by atomic mass is 16.1. The van der Waals surface area contributed by atoms with Gasteiger partial charge in [-0.15, -0.1) is 0 Å². The molecule has 0 aliphatic rings. The van der Waals surface area contributed by atoms with Crippen LogP contribution in [0.25, 0.3) is 21.9 Å². The molecule has 0 amide bonds. The van der Waals surface area contributed by atoms with Gasteiger partial charge in [-0.3, -0.25) is 9.78 Å². The third kappa shape index (κ3) is 1.70. The summed E-state index contributed by atoms with van der Waals surface area (Å²) in [6.45, 7) is 1.81. The van der Waals surface area contributed by atoms with Crippen molar-refractivity contribution in [2.75, 3.05) is 0 Å². The Kier molecular flexibility index (Phi) is 2.45. The van der Waals surface area contributed by atoms with E-state index in [2.05, 4.69) is 16.0 Å². The lowest BCUT2D eigenvalue weighted by Gasteiger charge is -2.06. The van der Waals surface area contributed by atoms with Crippen molar-refractivity contribution < 1.29 is 0 Å². The molecule has 2 heterocycles. The molecule has 18 heavy (non-hydrogen) atoms. The number of pyridine rings is 2. The number of benzene rings is 1. The smallest absolute Gasteiger partial charge is 0.250 e. The van der Waals surface area contributed by atoms with Crippen LogP contribution in [0.5, 0.6) is 0 Å². The Labute approximate surface area is 104 Å². The maximum atomic E-state index is 11.4. The molecule has 0 spiro atoms. The van der Waals surface area contributed by atoms with E-state index in [0.717, 1.165) is 27.5 Å². The summed E-state index contributed by atoms with van der Waals surface area (Å²) in [4.78, 5) is 18.3. The number of rotatable bonds is 1. The van der Waals surface area contributed by atoms with E-state index in [1.165, 1.54) is 0 Å². The number of aryl methyl sites for hydroxylation is 1. The van der Waals surface area contributed by atoms with Crippen molar-refractivity contribution in [2.45, 2.75) is 6.92 Å². The second-order valence-electron chi connectivity index (χ2n) is 4.30. The number of nitrogens with zero attached hydrogens (tertiary/aromatic N) is 1. The first-order valence-electron chi connectivity index (χ1n) is 5.78. The summed E-state index contributed by atoms with van der Waals surface area (Å²) in [6, 6.07) is 9.98. The van der Waals surface area contributed by atoms with Gasteiger partial charge in [0, 0.05) is 29.5 Å². The average Bonchev–Trinajstić information content (AvgIpc) is 2.41. The highest BCUT2D eigenvalue weighted by Gasteiger charge is 2.04. The molecule has 3 aromatic rings. The van der Waals surface area contributed by atoms with Crippen LogP contribution >= 0.6 is 0 Å². The molecular formula is C15H12N2O. The molecule has 0 fully saturated rings. The minimum Gasteiger partial charge on any atom is -0.328 e. The summed E-state index contributed by atoms with van der Waals surface area (Å²) < 4.78 is 0. The molecule has 2 aromatic heterocycles. The number of hydrogen-bond acceptors (Lipinski definition) is 2. The number of hydrogen-bond donors (Lipinski definition) is 1. The summed E-state index contributed by atoms with van der Waals surface area (Å²) in [6.07, 6.45) is 5.38. The van der Waals surface area contributed by atoms with E-state index < -0.39 is 0 Å². The maximum Gasteiger partial charge on any atom is 0.250 e. The van der Waals surface area contributed by atoms with Crippen LogP contribution < -0.4 is 5.56 Å². The molecule has 0 saturated carbocycles. The molecule has 0 aliphatic heterocycles. The van der Waals surface area contributed by atoms with Crippen molar-refractivity contribution in [1.29, 1.82) is 0 Å². The van der Waals surface area contributed by atoms with E-state index in [1.807, 2.05) is 37.4 Å². The van der Waals surface area contributed by atoms with Crippen molar-refractivity contribution in [3.63, 3.8) is 0 Å². The first-order valence-corrected chi connectivity index (χ1v) is 5.78. The third-order valence-electron chi connectivity index (χ3n) is 3.08. The van der Waals surface area contributed by atoms with Crippen LogP contribution in [0, 0.1) is 6.92 Å². The fraction of sp³-hybridized carbons (Fsp3) is 0.0667. The Bertz CT molecular complexity index is 769. The summed E-state index contributed by atoms with van der Waals surface area (Å²) in [7, 11) is 0. The average molecular weight is 236 g/mol. The van der Waals surface area contributed by atoms with Gasteiger partial charge in [-0.1, -0.05) is 18.2 Å². The predicted molar refractivity (Wildman–Crippen MR) is 72.5 cm³/mol.